The average Bonchev–Trinajstić information content (AvgIpc) is 3.25. The third-order valence-corrected chi connectivity index (χ3v) is 4.09. The summed E-state index contributed by atoms with van der Waals surface area (Å²) >= 11 is 12.1. The van der Waals surface area contributed by atoms with Gasteiger partial charge in [0, 0.05) is 24.3 Å². The van der Waals surface area contributed by atoms with Crippen LogP contribution >= 0.6 is 23.2 Å². The second-order valence-corrected chi connectivity index (χ2v) is 6.05. The van der Waals surface area contributed by atoms with Gasteiger partial charge in [-0.25, -0.2) is 4.98 Å². The van der Waals surface area contributed by atoms with Crippen LogP contribution < -0.4 is 10.1 Å². The lowest BCUT2D eigenvalue weighted by Gasteiger charge is -2.10. The molecule has 21 heavy (non-hydrogen) atoms. The maximum atomic E-state index is 6.14. The van der Waals surface area contributed by atoms with Gasteiger partial charge in [-0.05, 0) is 43.5 Å². The van der Waals surface area contributed by atoms with Crippen molar-refractivity contribution in [3.63, 3.8) is 0 Å². The summed E-state index contributed by atoms with van der Waals surface area (Å²) in [6.07, 6.45) is 2.54. The monoisotopic (exact) mass is 322 g/mol. The summed E-state index contributed by atoms with van der Waals surface area (Å²) in [5.74, 6) is 1.05. The molecule has 1 aromatic heterocycles. The molecule has 1 aromatic carbocycles. The number of benzene rings is 1. The number of rotatable bonds is 5. The van der Waals surface area contributed by atoms with Gasteiger partial charge in [-0.15, -0.1) is 0 Å². The molecule has 3 nitrogen and oxygen atoms in total. The maximum absolute atomic E-state index is 6.14. The summed E-state index contributed by atoms with van der Waals surface area (Å²) in [5, 5.41) is 4.35. The van der Waals surface area contributed by atoms with Gasteiger partial charge < -0.3 is 10.1 Å². The minimum Gasteiger partial charge on any atom is -0.437 e. The van der Waals surface area contributed by atoms with Gasteiger partial charge in [-0.3, -0.25) is 0 Å². The Morgan fingerprint density at radius 1 is 1.29 bits per heavy atom. The highest BCUT2D eigenvalue weighted by atomic mass is 35.5. The molecule has 110 valence electrons. The van der Waals surface area contributed by atoms with Gasteiger partial charge in [0.1, 0.15) is 10.8 Å². The van der Waals surface area contributed by atoms with Gasteiger partial charge >= 0.3 is 0 Å². The molecular formula is C16H16Cl2N2O. The fourth-order valence-corrected chi connectivity index (χ4v) is 2.42. The summed E-state index contributed by atoms with van der Waals surface area (Å²) in [6.45, 7) is 2.78. The van der Waals surface area contributed by atoms with Gasteiger partial charge in [-0.2, -0.15) is 0 Å². The van der Waals surface area contributed by atoms with Crippen LogP contribution in [0.25, 0.3) is 0 Å². The summed E-state index contributed by atoms with van der Waals surface area (Å²) in [5.41, 5.74) is 2.07. The zero-order chi connectivity index (χ0) is 14.8. The van der Waals surface area contributed by atoms with Crippen LogP contribution in [0.5, 0.6) is 11.6 Å². The molecular weight excluding hydrogens is 307 g/mol. The second kappa shape index (κ2) is 6.22. The minimum atomic E-state index is 0.403. The molecule has 1 heterocycles. The Morgan fingerprint density at radius 3 is 2.86 bits per heavy atom. The van der Waals surface area contributed by atoms with E-state index in [1.165, 1.54) is 12.8 Å². The van der Waals surface area contributed by atoms with Gasteiger partial charge in [0.05, 0.1) is 5.02 Å². The van der Waals surface area contributed by atoms with E-state index in [1.54, 1.807) is 18.2 Å². The highest BCUT2D eigenvalue weighted by molar-refractivity contribution is 6.42. The largest absolute Gasteiger partial charge is 0.437 e. The third kappa shape index (κ3) is 3.88. The fourth-order valence-electron chi connectivity index (χ4n) is 2.09. The van der Waals surface area contributed by atoms with Gasteiger partial charge in [0.2, 0.25) is 5.88 Å². The SMILES string of the molecule is Cc1cc(CNC2CC2)cc(Oc2cccc(Cl)c2Cl)n1. The van der Waals surface area contributed by atoms with E-state index in [2.05, 4.69) is 16.4 Å². The van der Waals surface area contributed by atoms with Crippen molar-refractivity contribution < 1.29 is 4.74 Å². The molecule has 2 aromatic rings. The molecule has 5 heteroatoms. The molecule has 0 atom stereocenters. The number of nitrogens with zero attached hydrogens (tertiary/aromatic N) is 1. The number of hydrogen-bond acceptors (Lipinski definition) is 3. The Kier molecular flexibility index (Phi) is 4.34. The van der Waals surface area contributed by atoms with Crippen molar-refractivity contribution in [1.29, 1.82) is 0 Å². The number of nitrogens with one attached hydrogen (secondary N) is 1. The van der Waals surface area contributed by atoms with Crippen LogP contribution in [0.3, 0.4) is 0 Å². The van der Waals surface area contributed by atoms with E-state index >= 15 is 0 Å². The molecule has 1 aliphatic carbocycles. The maximum Gasteiger partial charge on any atom is 0.219 e. The summed E-state index contributed by atoms with van der Waals surface area (Å²) in [6, 6.07) is 9.97. The van der Waals surface area contributed by atoms with E-state index in [1.807, 2.05) is 13.0 Å². The first kappa shape index (κ1) is 14.6. The van der Waals surface area contributed by atoms with Crippen LogP contribution in [0.15, 0.2) is 30.3 Å². The Labute approximate surface area is 134 Å². The normalized spacial score (nSPS) is 14.2. The molecule has 1 N–H and O–H groups in total. The molecule has 3 rings (SSSR count). The van der Waals surface area contributed by atoms with Gasteiger partial charge in [0.25, 0.3) is 0 Å². The lowest BCUT2D eigenvalue weighted by atomic mass is 10.2. The van der Waals surface area contributed by atoms with Crippen LogP contribution in [0.1, 0.15) is 24.1 Å². The van der Waals surface area contributed by atoms with Crippen molar-refractivity contribution in [1.82, 2.24) is 10.3 Å². The molecule has 0 bridgehead atoms. The summed E-state index contributed by atoms with van der Waals surface area (Å²) < 4.78 is 5.78. The minimum absolute atomic E-state index is 0.403. The van der Waals surface area contributed by atoms with Crippen molar-refractivity contribution in [2.75, 3.05) is 0 Å². The Balaban J connectivity index is 1.78. The Bertz CT molecular complexity index is 657. The average molecular weight is 323 g/mol. The highest BCUT2D eigenvalue weighted by Crippen LogP contribution is 2.34. The number of aryl methyl sites for hydroxylation is 1. The third-order valence-electron chi connectivity index (χ3n) is 3.29. The molecule has 0 spiro atoms. The quantitative estimate of drug-likeness (QED) is 0.863. The van der Waals surface area contributed by atoms with Crippen LogP contribution in [0.4, 0.5) is 0 Å². The molecule has 1 saturated carbocycles. The first-order valence-electron chi connectivity index (χ1n) is 6.94. The predicted octanol–water partition coefficient (Wildman–Crippen LogP) is 4.74. The Morgan fingerprint density at radius 2 is 2.10 bits per heavy atom. The molecule has 0 radical (unpaired) electrons. The first-order chi connectivity index (χ1) is 10.1. The van der Waals surface area contributed by atoms with Crippen LogP contribution in [0, 0.1) is 6.92 Å². The lowest BCUT2D eigenvalue weighted by molar-refractivity contribution is 0.460. The van der Waals surface area contributed by atoms with E-state index in [-0.39, 0.29) is 0 Å². The topological polar surface area (TPSA) is 34.1 Å². The van der Waals surface area contributed by atoms with Crippen molar-refractivity contribution in [2.45, 2.75) is 32.4 Å². The number of pyridine rings is 1. The van der Waals surface area contributed by atoms with Crippen molar-refractivity contribution in [3.8, 4) is 11.6 Å². The van der Waals surface area contributed by atoms with E-state index in [0.29, 0.717) is 27.7 Å². The molecule has 0 amide bonds. The van der Waals surface area contributed by atoms with Gasteiger partial charge in [0.15, 0.2) is 0 Å². The first-order valence-corrected chi connectivity index (χ1v) is 7.70. The van der Waals surface area contributed by atoms with Crippen LogP contribution in [0.2, 0.25) is 10.0 Å². The van der Waals surface area contributed by atoms with E-state index in [9.17, 15) is 0 Å². The van der Waals surface area contributed by atoms with Crippen molar-refractivity contribution in [3.05, 3.63) is 51.6 Å². The molecule has 0 saturated heterocycles. The smallest absolute Gasteiger partial charge is 0.219 e. The molecule has 0 unspecified atom stereocenters. The second-order valence-electron chi connectivity index (χ2n) is 5.26. The van der Waals surface area contributed by atoms with Crippen LogP contribution in [-0.2, 0) is 6.54 Å². The number of ether oxygens (including phenoxy) is 1. The number of halogens is 2. The molecule has 1 fully saturated rings. The zero-order valence-electron chi connectivity index (χ0n) is 11.7. The van der Waals surface area contributed by atoms with E-state index in [0.717, 1.165) is 17.8 Å². The summed E-state index contributed by atoms with van der Waals surface area (Å²) in [7, 11) is 0. The van der Waals surface area contributed by atoms with Crippen molar-refractivity contribution in [2.24, 2.45) is 0 Å². The predicted molar refractivity (Wildman–Crippen MR) is 85.4 cm³/mol. The Hall–Kier alpha value is -1.29. The number of hydrogen-bond donors (Lipinski definition) is 1. The van der Waals surface area contributed by atoms with E-state index < -0.39 is 0 Å². The fraction of sp³-hybridized carbons (Fsp3) is 0.312. The standard InChI is InChI=1S/C16H16Cl2N2O/c1-10-7-11(9-19-12-5-6-12)8-15(20-10)21-14-4-2-3-13(17)16(14)18/h2-4,7-8,12,19H,5-6,9H2,1H3. The van der Waals surface area contributed by atoms with Crippen molar-refractivity contribution >= 4 is 23.2 Å². The highest BCUT2D eigenvalue weighted by Gasteiger charge is 2.20. The number of aromatic nitrogens is 1. The zero-order valence-corrected chi connectivity index (χ0v) is 13.2. The van der Waals surface area contributed by atoms with E-state index in [4.69, 9.17) is 27.9 Å². The van der Waals surface area contributed by atoms with Gasteiger partial charge in [-0.1, -0.05) is 29.3 Å². The summed E-state index contributed by atoms with van der Waals surface area (Å²) in [4.78, 5) is 4.39. The lowest BCUT2D eigenvalue weighted by Crippen LogP contribution is -2.15. The van der Waals surface area contributed by atoms with Crippen LogP contribution in [-0.4, -0.2) is 11.0 Å². The molecule has 0 aliphatic heterocycles. The molecule has 1 aliphatic rings.